The topological polar surface area (TPSA) is 0 Å². The summed E-state index contributed by atoms with van der Waals surface area (Å²) in [4.78, 5) is 0. The fourth-order valence-electron chi connectivity index (χ4n) is 18.2. The van der Waals surface area contributed by atoms with Crippen LogP contribution in [-0.2, 0) is 0 Å². The molecule has 8 saturated carbocycles. The van der Waals surface area contributed by atoms with Crippen molar-refractivity contribution < 1.29 is 0 Å². The van der Waals surface area contributed by atoms with Crippen molar-refractivity contribution in [3.05, 3.63) is 0 Å². The van der Waals surface area contributed by atoms with E-state index in [0.29, 0.717) is 21.7 Å². The highest BCUT2D eigenvalue weighted by Crippen LogP contribution is 2.79. The van der Waals surface area contributed by atoms with E-state index < -0.39 is 0 Å². The zero-order chi connectivity index (χ0) is 31.0. The Kier molecular flexibility index (Phi) is 7.53. The van der Waals surface area contributed by atoms with Crippen molar-refractivity contribution in [3.8, 4) is 0 Å². The van der Waals surface area contributed by atoms with Gasteiger partial charge in [-0.15, -0.1) is 0 Å². The molecule has 0 aromatic heterocycles. The van der Waals surface area contributed by atoms with Crippen LogP contribution in [0.25, 0.3) is 0 Å². The van der Waals surface area contributed by atoms with Gasteiger partial charge in [0.05, 0.1) is 0 Å². The molecule has 15 atom stereocenters. The summed E-state index contributed by atoms with van der Waals surface area (Å²) >= 11 is 0. The Morgan fingerprint density at radius 3 is 1.81 bits per heavy atom. The minimum Gasteiger partial charge on any atom is -0.0625 e. The molecule has 0 aromatic carbocycles. The van der Waals surface area contributed by atoms with Gasteiger partial charge in [-0.3, -0.25) is 0 Å². The summed E-state index contributed by atoms with van der Waals surface area (Å²) in [5, 5.41) is 0. The molecule has 0 heteroatoms. The van der Waals surface area contributed by atoms with Gasteiger partial charge in [-0.05, 0) is 174 Å². The van der Waals surface area contributed by atoms with Gasteiger partial charge in [-0.2, -0.15) is 0 Å². The molecule has 8 rings (SSSR count). The Balaban J connectivity index is 1.36. The summed E-state index contributed by atoms with van der Waals surface area (Å²) < 4.78 is 0. The molecule has 43 heavy (non-hydrogen) atoms. The molecule has 0 saturated heterocycles. The van der Waals surface area contributed by atoms with Crippen molar-refractivity contribution >= 4 is 0 Å². The molecule has 8 fully saturated rings. The molecular weight excluding hydrogens is 516 g/mol. The zero-order valence-corrected chi connectivity index (χ0v) is 31.0. The average molecular weight is 591 g/mol. The molecule has 246 valence electrons. The minimum absolute atomic E-state index is 0.420. The SMILES string of the molecule is CC(C)C1C(C)CC2(C)C(CC(C)C34CC5CC(CC(C5)C3)C4)C3(C)C(C)C4CCCC(C)C4C(C)C3C(C)C2(C)C1C. The summed E-state index contributed by atoms with van der Waals surface area (Å²) in [5.41, 5.74) is 1.99. The first-order valence-electron chi connectivity index (χ1n) is 20.1. The summed E-state index contributed by atoms with van der Waals surface area (Å²) in [5.74, 6) is 14.6. The third-order valence-corrected chi connectivity index (χ3v) is 19.5. The molecule has 0 heterocycles. The van der Waals surface area contributed by atoms with Gasteiger partial charge in [-0.25, -0.2) is 0 Å². The quantitative estimate of drug-likeness (QED) is 0.305. The Morgan fingerprint density at radius 2 is 1.26 bits per heavy atom. The zero-order valence-electron chi connectivity index (χ0n) is 31.0. The van der Waals surface area contributed by atoms with Gasteiger partial charge in [0.15, 0.2) is 0 Å². The van der Waals surface area contributed by atoms with Crippen molar-refractivity contribution in [3.63, 3.8) is 0 Å². The van der Waals surface area contributed by atoms with Gasteiger partial charge in [0.25, 0.3) is 0 Å². The molecule has 0 nitrogen and oxygen atoms in total. The lowest BCUT2D eigenvalue weighted by atomic mass is 9.27. The summed E-state index contributed by atoms with van der Waals surface area (Å²) in [6.45, 7) is 33.2. The van der Waals surface area contributed by atoms with Crippen molar-refractivity contribution in [2.45, 2.75) is 154 Å². The summed E-state index contributed by atoms with van der Waals surface area (Å²) in [6.07, 6.45) is 17.0. The van der Waals surface area contributed by atoms with Gasteiger partial charge in [-0.1, -0.05) is 95.9 Å². The fraction of sp³-hybridized carbons (Fsp3) is 1.00. The second-order valence-corrected chi connectivity index (χ2v) is 20.9. The van der Waals surface area contributed by atoms with E-state index in [1.54, 1.807) is 38.5 Å². The van der Waals surface area contributed by atoms with E-state index in [9.17, 15) is 0 Å². The third-order valence-electron chi connectivity index (χ3n) is 19.5. The van der Waals surface area contributed by atoms with Crippen LogP contribution in [0.1, 0.15) is 154 Å². The van der Waals surface area contributed by atoms with Crippen molar-refractivity contribution in [1.29, 1.82) is 0 Å². The average Bonchev–Trinajstić information content (AvgIpc) is 2.91. The molecule has 0 aromatic rings. The van der Waals surface area contributed by atoms with E-state index in [-0.39, 0.29) is 0 Å². The standard InChI is InChI=1S/C43H74/c1-24(2)37-26(4)20-40(10)36(16-27(5)43-21-32-17-33(22-43)19-34(18-32)23-43)41(11)29(7)35-15-13-14-25(3)38(35)28(6)39(41)31(9)42(40,12)30(37)8/h24-39H,13-23H2,1-12H3. The van der Waals surface area contributed by atoms with Crippen LogP contribution in [0.15, 0.2) is 0 Å². The second kappa shape index (κ2) is 10.2. The lowest BCUT2D eigenvalue weighted by molar-refractivity contribution is -0.299. The maximum Gasteiger partial charge on any atom is -0.0212 e. The van der Waals surface area contributed by atoms with Crippen LogP contribution in [0.4, 0.5) is 0 Å². The highest BCUT2D eigenvalue weighted by atomic mass is 14.8. The molecule has 15 unspecified atom stereocenters. The number of hydrogen-bond acceptors (Lipinski definition) is 0. The van der Waals surface area contributed by atoms with Gasteiger partial charge in [0.2, 0.25) is 0 Å². The highest BCUT2D eigenvalue weighted by Gasteiger charge is 2.73. The van der Waals surface area contributed by atoms with E-state index in [1.165, 1.54) is 32.1 Å². The van der Waals surface area contributed by atoms with E-state index in [4.69, 9.17) is 0 Å². The predicted octanol–water partition coefficient (Wildman–Crippen LogP) is 12.4. The molecule has 0 radical (unpaired) electrons. The van der Waals surface area contributed by atoms with E-state index >= 15 is 0 Å². The second-order valence-electron chi connectivity index (χ2n) is 20.9. The summed E-state index contributed by atoms with van der Waals surface area (Å²) in [6, 6.07) is 0. The van der Waals surface area contributed by atoms with Gasteiger partial charge >= 0.3 is 0 Å². The number of fused-ring (bicyclic) bond motifs is 3. The Labute approximate surface area is 269 Å². The van der Waals surface area contributed by atoms with Crippen molar-refractivity contribution in [2.24, 2.45) is 116 Å². The van der Waals surface area contributed by atoms with Crippen LogP contribution in [0, 0.1) is 116 Å². The molecular formula is C43H74. The van der Waals surface area contributed by atoms with Crippen LogP contribution in [-0.4, -0.2) is 0 Å². The van der Waals surface area contributed by atoms with Crippen molar-refractivity contribution in [1.82, 2.24) is 0 Å². The van der Waals surface area contributed by atoms with Crippen LogP contribution < -0.4 is 0 Å². The monoisotopic (exact) mass is 591 g/mol. The van der Waals surface area contributed by atoms with Crippen molar-refractivity contribution in [2.75, 3.05) is 0 Å². The first-order valence-corrected chi connectivity index (χ1v) is 20.1. The molecule has 0 amide bonds. The number of hydrogen-bond donors (Lipinski definition) is 0. The fourth-order valence-corrected chi connectivity index (χ4v) is 18.2. The maximum absolute atomic E-state index is 2.94. The van der Waals surface area contributed by atoms with Crippen LogP contribution in [0.5, 0.6) is 0 Å². The lowest BCUT2D eigenvalue weighted by Gasteiger charge is -2.77. The maximum atomic E-state index is 2.94. The molecule has 8 aliphatic rings. The largest absolute Gasteiger partial charge is 0.0625 e. The number of rotatable bonds is 4. The Bertz CT molecular complexity index is 1020. The van der Waals surface area contributed by atoms with Gasteiger partial charge < -0.3 is 0 Å². The summed E-state index contributed by atoms with van der Waals surface area (Å²) in [7, 11) is 0. The smallest absolute Gasteiger partial charge is 0.0212 e. The normalized spacial score (nSPS) is 61.6. The molecule has 0 N–H and O–H groups in total. The lowest BCUT2D eigenvalue weighted by Crippen LogP contribution is -2.72. The Morgan fingerprint density at radius 1 is 0.674 bits per heavy atom. The first kappa shape index (κ1) is 31.6. The predicted molar refractivity (Wildman–Crippen MR) is 184 cm³/mol. The highest BCUT2D eigenvalue weighted by molar-refractivity contribution is 5.21. The van der Waals surface area contributed by atoms with Crippen LogP contribution in [0.3, 0.4) is 0 Å². The van der Waals surface area contributed by atoms with Gasteiger partial charge in [0.1, 0.15) is 0 Å². The Hall–Kier alpha value is 0. The van der Waals surface area contributed by atoms with E-state index in [2.05, 4.69) is 83.1 Å². The van der Waals surface area contributed by atoms with Gasteiger partial charge in [0, 0.05) is 0 Å². The van der Waals surface area contributed by atoms with E-state index in [1.807, 2.05) is 0 Å². The molecule has 4 bridgehead atoms. The molecule has 0 aliphatic heterocycles. The van der Waals surface area contributed by atoms with E-state index in [0.717, 1.165) is 94.7 Å². The van der Waals surface area contributed by atoms with Crippen LogP contribution >= 0.6 is 0 Å². The molecule has 0 spiro atoms. The third kappa shape index (κ3) is 4.04. The molecule has 8 aliphatic carbocycles. The van der Waals surface area contributed by atoms with Crippen LogP contribution in [0.2, 0.25) is 0 Å². The first-order chi connectivity index (χ1) is 20.1. The minimum atomic E-state index is 0.420.